The van der Waals surface area contributed by atoms with Crippen molar-refractivity contribution in [3.63, 3.8) is 0 Å². The first-order chi connectivity index (χ1) is 12.8. The lowest BCUT2D eigenvalue weighted by Crippen LogP contribution is -2.26. The fraction of sp³-hybridized carbons (Fsp3) is 0.471. The average molecular weight is 383 g/mol. The maximum atomic E-state index is 12.6. The largest absolute Gasteiger partial charge is 0.416 e. The summed E-state index contributed by atoms with van der Waals surface area (Å²) >= 11 is 0. The predicted molar refractivity (Wildman–Crippen MR) is 90.0 cm³/mol. The van der Waals surface area contributed by atoms with Gasteiger partial charge in [0.15, 0.2) is 5.69 Å². The Morgan fingerprint density at radius 1 is 1.30 bits per heavy atom. The van der Waals surface area contributed by atoms with Crippen LogP contribution in [0.25, 0.3) is 0 Å². The van der Waals surface area contributed by atoms with Crippen molar-refractivity contribution in [2.24, 2.45) is 0 Å². The van der Waals surface area contributed by atoms with Crippen LogP contribution >= 0.6 is 0 Å². The van der Waals surface area contributed by atoms with Crippen molar-refractivity contribution in [3.8, 4) is 0 Å². The molecule has 0 aliphatic carbocycles. The summed E-state index contributed by atoms with van der Waals surface area (Å²) in [7, 11) is 3.27. The Labute approximate surface area is 154 Å². The highest BCUT2D eigenvalue weighted by atomic mass is 19.4. The maximum Gasteiger partial charge on any atom is 0.416 e. The fourth-order valence-corrected chi connectivity index (χ4v) is 2.83. The number of aromatic nitrogens is 3. The van der Waals surface area contributed by atoms with Crippen molar-refractivity contribution in [3.05, 3.63) is 47.3 Å². The van der Waals surface area contributed by atoms with Gasteiger partial charge in [0.2, 0.25) is 0 Å². The quantitative estimate of drug-likeness (QED) is 0.852. The first-order valence-corrected chi connectivity index (χ1v) is 8.37. The van der Waals surface area contributed by atoms with E-state index in [1.54, 1.807) is 25.0 Å². The molecule has 146 valence electrons. The minimum Gasteiger partial charge on any atom is -0.370 e. The summed E-state index contributed by atoms with van der Waals surface area (Å²) in [5, 5.41) is 11.1. The van der Waals surface area contributed by atoms with Crippen molar-refractivity contribution in [2.45, 2.75) is 24.9 Å². The van der Waals surface area contributed by atoms with Crippen LogP contribution in [0.15, 0.2) is 30.5 Å². The van der Waals surface area contributed by atoms with E-state index in [1.165, 1.54) is 17.0 Å². The molecule has 0 bridgehead atoms. The second-order valence-electron chi connectivity index (χ2n) is 6.55. The van der Waals surface area contributed by atoms with E-state index in [2.05, 4.69) is 15.6 Å². The molecule has 2 aromatic rings. The lowest BCUT2D eigenvalue weighted by molar-refractivity contribution is -0.137. The van der Waals surface area contributed by atoms with Gasteiger partial charge in [-0.25, -0.2) is 4.68 Å². The number of carbonyl (C=O) groups is 1. The first kappa shape index (κ1) is 19.3. The molecule has 0 radical (unpaired) electrons. The maximum absolute atomic E-state index is 12.6. The number of halogens is 3. The number of ether oxygens (including phenoxy) is 1. The topological polar surface area (TPSA) is 72.3 Å². The highest BCUT2D eigenvalue weighted by molar-refractivity contribution is 5.91. The van der Waals surface area contributed by atoms with Crippen LogP contribution < -0.4 is 5.32 Å². The number of carbonyl (C=O) groups excluding carboxylic acids is 1. The minimum atomic E-state index is -4.35. The van der Waals surface area contributed by atoms with Crippen LogP contribution in [0.4, 0.5) is 13.2 Å². The second-order valence-corrected chi connectivity index (χ2v) is 6.55. The Hall–Kier alpha value is -2.46. The number of hydrogen-bond acceptors (Lipinski definition) is 5. The number of alkyl halides is 3. The molecule has 7 nitrogen and oxygen atoms in total. The molecule has 2 heterocycles. The van der Waals surface area contributed by atoms with Gasteiger partial charge in [-0.3, -0.25) is 4.79 Å². The van der Waals surface area contributed by atoms with Crippen LogP contribution in [-0.4, -0.2) is 59.1 Å². The van der Waals surface area contributed by atoms with Crippen LogP contribution in [0.3, 0.4) is 0 Å². The summed E-state index contributed by atoms with van der Waals surface area (Å²) in [4.78, 5) is 13.4. The standard InChI is InChI=1S/C17H20F3N5O2/c1-24(2)16(26)13-9-25(23-22-13)14-7-21-8-15(14)27-10-11-3-5-12(6-4-11)17(18,19)20/h3-6,9,14-15,21H,7-8,10H2,1-2H3. The van der Waals surface area contributed by atoms with Gasteiger partial charge in [0.1, 0.15) is 0 Å². The number of hydrogen-bond donors (Lipinski definition) is 1. The number of amides is 1. The van der Waals surface area contributed by atoms with E-state index in [0.717, 1.165) is 12.1 Å². The molecule has 0 saturated carbocycles. The van der Waals surface area contributed by atoms with E-state index in [9.17, 15) is 18.0 Å². The normalized spacial score (nSPS) is 20.0. The van der Waals surface area contributed by atoms with Gasteiger partial charge in [-0.15, -0.1) is 5.10 Å². The molecule has 1 amide bonds. The number of rotatable bonds is 5. The van der Waals surface area contributed by atoms with E-state index < -0.39 is 11.7 Å². The van der Waals surface area contributed by atoms with E-state index in [0.29, 0.717) is 18.7 Å². The number of nitrogens with one attached hydrogen (secondary N) is 1. The third kappa shape index (κ3) is 4.45. The molecule has 1 N–H and O–H groups in total. The van der Waals surface area contributed by atoms with E-state index in [4.69, 9.17) is 4.74 Å². The third-order valence-corrected chi connectivity index (χ3v) is 4.35. The molecule has 10 heteroatoms. The van der Waals surface area contributed by atoms with Gasteiger partial charge in [0, 0.05) is 27.2 Å². The smallest absolute Gasteiger partial charge is 0.370 e. The summed E-state index contributed by atoms with van der Waals surface area (Å²) in [5.41, 5.74) is 0.205. The molecular weight excluding hydrogens is 363 g/mol. The molecule has 2 unspecified atom stereocenters. The van der Waals surface area contributed by atoms with Gasteiger partial charge in [0.05, 0.1) is 30.5 Å². The van der Waals surface area contributed by atoms with Crippen molar-refractivity contribution in [1.29, 1.82) is 0 Å². The summed E-state index contributed by atoms with van der Waals surface area (Å²) in [6.45, 7) is 1.35. The summed E-state index contributed by atoms with van der Waals surface area (Å²) < 4.78 is 45.3. The molecule has 1 fully saturated rings. The lowest BCUT2D eigenvalue weighted by Gasteiger charge is -2.19. The lowest BCUT2D eigenvalue weighted by atomic mass is 10.1. The van der Waals surface area contributed by atoms with Gasteiger partial charge < -0.3 is 15.0 Å². The number of benzene rings is 1. The summed E-state index contributed by atoms with van der Waals surface area (Å²) in [5.74, 6) is -0.241. The average Bonchev–Trinajstić information content (AvgIpc) is 3.27. The zero-order valence-electron chi connectivity index (χ0n) is 14.9. The Balaban J connectivity index is 1.63. The molecule has 2 atom stereocenters. The SMILES string of the molecule is CN(C)C(=O)c1cn(C2CNCC2OCc2ccc(C(F)(F)F)cc2)nn1. The van der Waals surface area contributed by atoms with Crippen LogP contribution in [-0.2, 0) is 17.5 Å². The monoisotopic (exact) mass is 383 g/mol. The van der Waals surface area contributed by atoms with Crippen LogP contribution in [0.2, 0.25) is 0 Å². The predicted octanol–water partition coefficient (Wildman–Crippen LogP) is 1.73. The molecule has 1 aliphatic rings. The Morgan fingerprint density at radius 2 is 2.00 bits per heavy atom. The van der Waals surface area contributed by atoms with Gasteiger partial charge >= 0.3 is 6.18 Å². The van der Waals surface area contributed by atoms with Crippen molar-refractivity contribution in [1.82, 2.24) is 25.2 Å². The van der Waals surface area contributed by atoms with E-state index >= 15 is 0 Å². The Kier molecular flexibility index (Phi) is 5.47. The molecule has 1 aromatic carbocycles. The zero-order valence-corrected chi connectivity index (χ0v) is 14.9. The third-order valence-electron chi connectivity index (χ3n) is 4.35. The first-order valence-electron chi connectivity index (χ1n) is 8.37. The van der Waals surface area contributed by atoms with Crippen LogP contribution in [0.1, 0.15) is 27.7 Å². The van der Waals surface area contributed by atoms with E-state index in [-0.39, 0.29) is 30.4 Å². The Morgan fingerprint density at radius 3 is 2.63 bits per heavy atom. The van der Waals surface area contributed by atoms with Gasteiger partial charge in [-0.1, -0.05) is 17.3 Å². The minimum absolute atomic E-state index is 0.157. The summed E-state index contributed by atoms with van der Waals surface area (Å²) in [6, 6.07) is 4.74. The molecule has 1 saturated heterocycles. The van der Waals surface area contributed by atoms with Crippen molar-refractivity contribution < 1.29 is 22.7 Å². The molecule has 1 aromatic heterocycles. The fourth-order valence-electron chi connectivity index (χ4n) is 2.83. The highest BCUT2D eigenvalue weighted by Crippen LogP contribution is 2.29. The highest BCUT2D eigenvalue weighted by Gasteiger charge is 2.32. The van der Waals surface area contributed by atoms with Crippen LogP contribution in [0, 0.1) is 0 Å². The van der Waals surface area contributed by atoms with Crippen molar-refractivity contribution in [2.75, 3.05) is 27.2 Å². The van der Waals surface area contributed by atoms with Gasteiger partial charge in [0.25, 0.3) is 5.91 Å². The molecule has 3 rings (SSSR count). The number of nitrogens with zero attached hydrogens (tertiary/aromatic N) is 4. The van der Waals surface area contributed by atoms with Gasteiger partial charge in [-0.05, 0) is 17.7 Å². The molecule has 27 heavy (non-hydrogen) atoms. The molecule has 1 aliphatic heterocycles. The zero-order chi connectivity index (χ0) is 19.6. The van der Waals surface area contributed by atoms with Crippen molar-refractivity contribution >= 4 is 5.91 Å². The van der Waals surface area contributed by atoms with Gasteiger partial charge in [-0.2, -0.15) is 13.2 Å². The van der Waals surface area contributed by atoms with E-state index in [1.807, 2.05) is 0 Å². The summed E-state index contributed by atoms with van der Waals surface area (Å²) in [6.07, 6.45) is -3.01. The second kappa shape index (κ2) is 7.65. The van der Waals surface area contributed by atoms with Crippen LogP contribution in [0.5, 0.6) is 0 Å². The Bertz CT molecular complexity index is 789. The molecular formula is C17H20F3N5O2. The molecule has 0 spiro atoms.